The molecule has 1 aliphatic rings. The van der Waals surface area contributed by atoms with Gasteiger partial charge in [-0.3, -0.25) is 4.68 Å². The molecule has 2 atom stereocenters. The summed E-state index contributed by atoms with van der Waals surface area (Å²) in [5, 5.41) is 4.03. The molecule has 0 spiro atoms. The molecule has 0 saturated heterocycles. The highest BCUT2D eigenvalue weighted by molar-refractivity contribution is 4.87. The van der Waals surface area contributed by atoms with Crippen molar-refractivity contribution in [2.45, 2.75) is 31.5 Å². The fourth-order valence-corrected chi connectivity index (χ4v) is 1.67. The van der Waals surface area contributed by atoms with E-state index in [2.05, 4.69) is 5.10 Å². The molecule has 0 N–H and O–H groups in total. The lowest BCUT2D eigenvalue weighted by atomic mass is 10.2. The van der Waals surface area contributed by atoms with Crippen LogP contribution in [-0.2, 0) is 0 Å². The Labute approximate surface area is 65.0 Å². The Kier molecular flexibility index (Phi) is 1.64. The first-order valence-corrected chi connectivity index (χ1v) is 4.01. The molecule has 0 aliphatic heterocycles. The summed E-state index contributed by atoms with van der Waals surface area (Å²) in [6.07, 6.45) is 5.47. The normalized spacial score (nSPS) is 31.0. The molecule has 2 rings (SSSR count). The lowest BCUT2D eigenvalue weighted by Gasteiger charge is -2.12. The van der Waals surface area contributed by atoms with Crippen LogP contribution >= 0.6 is 0 Å². The molecule has 1 aliphatic carbocycles. The van der Waals surface area contributed by atoms with Crippen molar-refractivity contribution < 1.29 is 4.39 Å². The van der Waals surface area contributed by atoms with Crippen LogP contribution in [0.3, 0.4) is 0 Å². The Morgan fingerprint density at radius 1 is 1.45 bits per heavy atom. The van der Waals surface area contributed by atoms with Gasteiger partial charge in [0.1, 0.15) is 6.17 Å². The topological polar surface area (TPSA) is 17.8 Å². The van der Waals surface area contributed by atoms with Gasteiger partial charge in [-0.15, -0.1) is 0 Å². The molecule has 1 saturated carbocycles. The lowest BCUT2D eigenvalue weighted by Crippen LogP contribution is -2.14. The van der Waals surface area contributed by atoms with Crippen LogP contribution in [0.2, 0.25) is 0 Å². The Balaban J connectivity index is 2.16. The predicted octanol–water partition coefficient (Wildman–Crippen LogP) is 1.95. The van der Waals surface area contributed by atoms with Gasteiger partial charge in [0.25, 0.3) is 0 Å². The van der Waals surface area contributed by atoms with Crippen LogP contribution in [0.1, 0.15) is 25.3 Å². The number of alkyl halides is 1. The number of rotatable bonds is 1. The van der Waals surface area contributed by atoms with Crippen LogP contribution in [0, 0.1) is 0 Å². The molecule has 0 amide bonds. The van der Waals surface area contributed by atoms with E-state index >= 15 is 0 Å². The maximum atomic E-state index is 13.1. The quantitative estimate of drug-likeness (QED) is 0.604. The molecule has 2 unspecified atom stereocenters. The first-order valence-electron chi connectivity index (χ1n) is 4.01. The van der Waals surface area contributed by atoms with Gasteiger partial charge in [0, 0.05) is 12.4 Å². The maximum absolute atomic E-state index is 13.1. The van der Waals surface area contributed by atoms with Gasteiger partial charge in [-0.1, -0.05) is 0 Å². The van der Waals surface area contributed by atoms with Crippen LogP contribution in [0.15, 0.2) is 18.5 Å². The zero-order valence-electron chi connectivity index (χ0n) is 6.28. The fraction of sp³-hybridized carbons (Fsp3) is 0.625. The number of hydrogen-bond acceptors (Lipinski definition) is 1. The smallest absolute Gasteiger partial charge is 0.122 e. The van der Waals surface area contributed by atoms with E-state index in [4.69, 9.17) is 0 Å². The van der Waals surface area contributed by atoms with Crippen molar-refractivity contribution in [3.05, 3.63) is 18.5 Å². The summed E-state index contributed by atoms with van der Waals surface area (Å²) in [5.41, 5.74) is 0. The molecule has 3 heteroatoms. The second-order valence-electron chi connectivity index (χ2n) is 3.00. The minimum atomic E-state index is -0.685. The molecular formula is C8H11FN2. The van der Waals surface area contributed by atoms with Crippen molar-refractivity contribution in [2.24, 2.45) is 0 Å². The summed E-state index contributed by atoms with van der Waals surface area (Å²) in [7, 11) is 0. The predicted molar refractivity (Wildman–Crippen MR) is 40.0 cm³/mol. The summed E-state index contributed by atoms with van der Waals surface area (Å²) in [6.45, 7) is 0. The molecular weight excluding hydrogens is 143 g/mol. The summed E-state index contributed by atoms with van der Waals surface area (Å²) < 4.78 is 14.8. The largest absolute Gasteiger partial charge is 0.267 e. The van der Waals surface area contributed by atoms with Gasteiger partial charge in [0.05, 0.1) is 6.04 Å². The lowest BCUT2D eigenvalue weighted by molar-refractivity contribution is 0.250. The van der Waals surface area contributed by atoms with Crippen molar-refractivity contribution >= 4 is 0 Å². The summed E-state index contributed by atoms with van der Waals surface area (Å²) >= 11 is 0. The molecule has 11 heavy (non-hydrogen) atoms. The summed E-state index contributed by atoms with van der Waals surface area (Å²) in [6, 6.07) is 1.84. The van der Waals surface area contributed by atoms with Crippen LogP contribution in [0.25, 0.3) is 0 Å². The van der Waals surface area contributed by atoms with Crippen LogP contribution in [0.4, 0.5) is 4.39 Å². The van der Waals surface area contributed by atoms with Gasteiger partial charge < -0.3 is 0 Å². The third-order valence-corrected chi connectivity index (χ3v) is 2.26. The fourth-order valence-electron chi connectivity index (χ4n) is 1.67. The first-order chi connectivity index (χ1) is 5.38. The SMILES string of the molecule is FC1CCCC1n1cccn1. The van der Waals surface area contributed by atoms with E-state index in [-0.39, 0.29) is 6.04 Å². The maximum Gasteiger partial charge on any atom is 0.122 e. The van der Waals surface area contributed by atoms with Crippen molar-refractivity contribution in [1.82, 2.24) is 9.78 Å². The minimum Gasteiger partial charge on any atom is -0.267 e. The molecule has 60 valence electrons. The number of aromatic nitrogens is 2. The standard InChI is InChI=1S/C8H11FN2/c9-7-3-1-4-8(7)11-6-2-5-10-11/h2,5-8H,1,3-4H2. The second-order valence-corrected chi connectivity index (χ2v) is 3.00. The monoisotopic (exact) mass is 154 g/mol. The highest BCUT2D eigenvalue weighted by Crippen LogP contribution is 2.31. The van der Waals surface area contributed by atoms with Crippen molar-refractivity contribution in [1.29, 1.82) is 0 Å². The van der Waals surface area contributed by atoms with Crippen molar-refractivity contribution in [2.75, 3.05) is 0 Å². The van der Waals surface area contributed by atoms with E-state index in [1.807, 2.05) is 12.3 Å². The van der Waals surface area contributed by atoms with Gasteiger partial charge in [0.2, 0.25) is 0 Å². The highest BCUT2D eigenvalue weighted by atomic mass is 19.1. The Morgan fingerprint density at radius 3 is 2.91 bits per heavy atom. The van der Waals surface area contributed by atoms with Crippen LogP contribution in [-0.4, -0.2) is 16.0 Å². The van der Waals surface area contributed by atoms with Gasteiger partial charge in [0.15, 0.2) is 0 Å². The zero-order valence-corrected chi connectivity index (χ0v) is 6.28. The third kappa shape index (κ3) is 1.15. The Hall–Kier alpha value is -0.860. The molecule has 2 nitrogen and oxygen atoms in total. The molecule has 0 aromatic carbocycles. The van der Waals surface area contributed by atoms with Crippen LogP contribution in [0.5, 0.6) is 0 Å². The molecule has 0 radical (unpaired) electrons. The van der Waals surface area contributed by atoms with E-state index in [9.17, 15) is 4.39 Å². The van der Waals surface area contributed by atoms with Gasteiger partial charge in [-0.05, 0) is 25.3 Å². The zero-order chi connectivity index (χ0) is 7.68. The van der Waals surface area contributed by atoms with E-state index in [1.54, 1.807) is 10.9 Å². The average molecular weight is 154 g/mol. The Bertz CT molecular complexity index is 220. The Morgan fingerprint density at radius 2 is 2.36 bits per heavy atom. The van der Waals surface area contributed by atoms with Gasteiger partial charge >= 0.3 is 0 Å². The molecule has 1 heterocycles. The average Bonchev–Trinajstić information content (AvgIpc) is 2.55. The van der Waals surface area contributed by atoms with E-state index < -0.39 is 6.17 Å². The van der Waals surface area contributed by atoms with Gasteiger partial charge in [-0.25, -0.2) is 4.39 Å². The summed E-state index contributed by atoms with van der Waals surface area (Å²) in [5.74, 6) is 0. The molecule has 1 fully saturated rings. The highest BCUT2D eigenvalue weighted by Gasteiger charge is 2.28. The number of halogens is 1. The van der Waals surface area contributed by atoms with Crippen molar-refractivity contribution in [3.63, 3.8) is 0 Å². The number of nitrogens with zero attached hydrogens (tertiary/aromatic N) is 2. The van der Waals surface area contributed by atoms with Crippen molar-refractivity contribution in [3.8, 4) is 0 Å². The molecule has 0 bridgehead atoms. The van der Waals surface area contributed by atoms with Crippen LogP contribution < -0.4 is 0 Å². The van der Waals surface area contributed by atoms with E-state index in [1.165, 1.54) is 0 Å². The van der Waals surface area contributed by atoms with Gasteiger partial charge in [-0.2, -0.15) is 5.10 Å². The summed E-state index contributed by atoms with van der Waals surface area (Å²) in [4.78, 5) is 0. The van der Waals surface area contributed by atoms with E-state index in [0.29, 0.717) is 6.42 Å². The van der Waals surface area contributed by atoms with E-state index in [0.717, 1.165) is 12.8 Å². The molecule has 1 aromatic rings. The minimum absolute atomic E-state index is 0.00463. The number of hydrogen-bond donors (Lipinski definition) is 0. The third-order valence-electron chi connectivity index (χ3n) is 2.26. The second kappa shape index (κ2) is 2.64. The molecule has 1 aromatic heterocycles. The first kappa shape index (κ1) is 6.83.